The van der Waals surface area contributed by atoms with E-state index in [0.29, 0.717) is 11.4 Å². The lowest BCUT2D eigenvalue weighted by molar-refractivity contribution is -0.115. The van der Waals surface area contributed by atoms with E-state index in [1.54, 1.807) is 16.8 Å². The Kier molecular flexibility index (Phi) is 6.29. The predicted octanol–water partition coefficient (Wildman–Crippen LogP) is 4.46. The van der Waals surface area contributed by atoms with Gasteiger partial charge in [-0.15, -0.1) is 0 Å². The van der Waals surface area contributed by atoms with E-state index in [4.69, 9.17) is 5.10 Å². The molecule has 0 saturated carbocycles. The lowest BCUT2D eigenvalue weighted by atomic mass is 9.92. The van der Waals surface area contributed by atoms with Gasteiger partial charge in [0.15, 0.2) is 0 Å². The Bertz CT molecular complexity index is 1110. The second-order valence-corrected chi connectivity index (χ2v) is 8.96. The van der Waals surface area contributed by atoms with Gasteiger partial charge >= 0.3 is 0 Å². The summed E-state index contributed by atoms with van der Waals surface area (Å²) in [4.78, 5) is 24.9. The fourth-order valence-corrected chi connectivity index (χ4v) is 3.22. The van der Waals surface area contributed by atoms with Crippen molar-refractivity contribution < 1.29 is 9.59 Å². The van der Waals surface area contributed by atoms with Gasteiger partial charge in [-0.05, 0) is 44.5 Å². The van der Waals surface area contributed by atoms with E-state index in [0.717, 1.165) is 28.1 Å². The molecule has 0 fully saturated rings. The van der Waals surface area contributed by atoms with Crippen molar-refractivity contribution in [3.8, 4) is 5.69 Å². The number of hydrogen-bond acceptors (Lipinski definition) is 3. The zero-order valence-corrected chi connectivity index (χ0v) is 19.0. The first-order valence-electron chi connectivity index (χ1n) is 10.4. The normalized spacial score (nSPS) is 11.3. The van der Waals surface area contributed by atoms with Gasteiger partial charge in [-0.2, -0.15) is 5.10 Å². The number of amides is 2. The maximum Gasteiger partial charge on any atom is 0.251 e. The van der Waals surface area contributed by atoms with Crippen LogP contribution in [0.2, 0.25) is 0 Å². The van der Waals surface area contributed by atoms with Gasteiger partial charge < -0.3 is 10.6 Å². The van der Waals surface area contributed by atoms with E-state index in [9.17, 15) is 9.59 Å². The summed E-state index contributed by atoms with van der Waals surface area (Å²) in [6.07, 6.45) is 0. The minimum absolute atomic E-state index is 0.129. The molecule has 6 heteroatoms. The van der Waals surface area contributed by atoms with Gasteiger partial charge in [0, 0.05) is 17.0 Å². The van der Waals surface area contributed by atoms with Crippen LogP contribution in [0.25, 0.3) is 5.69 Å². The third kappa shape index (κ3) is 5.40. The van der Waals surface area contributed by atoms with Crippen LogP contribution in [0, 0.1) is 20.8 Å². The van der Waals surface area contributed by atoms with Crippen LogP contribution < -0.4 is 10.6 Å². The van der Waals surface area contributed by atoms with Crippen LogP contribution in [0.15, 0.2) is 48.5 Å². The van der Waals surface area contributed by atoms with Crippen molar-refractivity contribution in [2.75, 3.05) is 11.9 Å². The van der Waals surface area contributed by atoms with E-state index in [1.165, 1.54) is 0 Å². The molecule has 1 aromatic heterocycles. The first kappa shape index (κ1) is 22.3. The highest BCUT2D eigenvalue weighted by atomic mass is 16.2. The van der Waals surface area contributed by atoms with E-state index in [1.807, 2.05) is 51.1 Å². The van der Waals surface area contributed by atoms with Crippen LogP contribution in [0.5, 0.6) is 0 Å². The van der Waals surface area contributed by atoms with Crippen molar-refractivity contribution in [1.82, 2.24) is 15.1 Å². The molecule has 3 aromatic rings. The number of carbonyl (C=O) groups is 2. The SMILES string of the molecule is Cc1ccc(C(=O)NCC(=O)Nc2cc(C(C)(C)C)nn2-c2ccc(C)cc2C)cc1. The van der Waals surface area contributed by atoms with Crippen molar-refractivity contribution in [3.63, 3.8) is 0 Å². The van der Waals surface area contributed by atoms with Crippen molar-refractivity contribution in [2.45, 2.75) is 47.0 Å². The first-order valence-corrected chi connectivity index (χ1v) is 10.4. The van der Waals surface area contributed by atoms with Gasteiger partial charge in [-0.1, -0.05) is 56.2 Å². The molecule has 0 bridgehead atoms. The van der Waals surface area contributed by atoms with Crippen LogP contribution >= 0.6 is 0 Å². The van der Waals surface area contributed by atoms with Crippen molar-refractivity contribution >= 4 is 17.6 Å². The van der Waals surface area contributed by atoms with Crippen LogP contribution in [-0.2, 0) is 10.2 Å². The largest absolute Gasteiger partial charge is 0.343 e. The fraction of sp³-hybridized carbons (Fsp3) is 0.320. The molecule has 0 unspecified atom stereocenters. The van der Waals surface area contributed by atoms with Crippen LogP contribution in [-0.4, -0.2) is 28.1 Å². The molecular weight excluding hydrogens is 388 g/mol. The molecule has 2 amide bonds. The number of nitrogens with zero attached hydrogens (tertiary/aromatic N) is 2. The lowest BCUT2D eigenvalue weighted by Gasteiger charge is -2.14. The summed E-state index contributed by atoms with van der Waals surface area (Å²) in [5.74, 6) is -0.0216. The molecule has 31 heavy (non-hydrogen) atoms. The Hall–Kier alpha value is -3.41. The molecule has 6 nitrogen and oxygen atoms in total. The zero-order chi connectivity index (χ0) is 22.8. The smallest absolute Gasteiger partial charge is 0.251 e. The van der Waals surface area contributed by atoms with Crippen molar-refractivity contribution in [3.05, 3.63) is 76.5 Å². The molecule has 0 spiro atoms. The van der Waals surface area contributed by atoms with E-state index >= 15 is 0 Å². The summed E-state index contributed by atoms with van der Waals surface area (Å²) in [5, 5.41) is 10.3. The average molecular weight is 419 g/mol. The van der Waals surface area contributed by atoms with Gasteiger partial charge in [-0.25, -0.2) is 4.68 Å². The monoisotopic (exact) mass is 418 g/mol. The molecule has 0 radical (unpaired) electrons. The van der Waals surface area contributed by atoms with Crippen molar-refractivity contribution in [2.24, 2.45) is 0 Å². The molecule has 0 aliphatic rings. The van der Waals surface area contributed by atoms with E-state index in [-0.39, 0.29) is 23.8 Å². The Balaban J connectivity index is 1.79. The highest BCUT2D eigenvalue weighted by molar-refractivity contribution is 5.99. The van der Waals surface area contributed by atoms with Gasteiger partial charge in [0.1, 0.15) is 5.82 Å². The van der Waals surface area contributed by atoms with Crippen molar-refractivity contribution in [1.29, 1.82) is 0 Å². The molecule has 1 heterocycles. The van der Waals surface area contributed by atoms with Gasteiger partial charge in [0.25, 0.3) is 5.91 Å². The molecular formula is C25H30N4O2. The summed E-state index contributed by atoms with van der Waals surface area (Å²) in [6.45, 7) is 12.1. The molecule has 0 aliphatic heterocycles. The number of aryl methyl sites for hydroxylation is 3. The summed E-state index contributed by atoms with van der Waals surface area (Å²) in [7, 11) is 0. The van der Waals surface area contributed by atoms with Crippen LogP contribution in [0.1, 0.15) is 53.5 Å². The fourth-order valence-electron chi connectivity index (χ4n) is 3.22. The second kappa shape index (κ2) is 8.76. The average Bonchev–Trinajstić information content (AvgIpc) is 3.10. The third-order valence-corrected chi connectivity index (χ3v) is 5.05. The van der Waals surface area contributed by atoms with E-state index < -0.39 is 0 Å². The molecule has 2 aromatic carbocycles. The Morgan fingerprint density at radius 1 is 0.935 bits per heavy atom. The van der Waals surface area contributed by atoms with E-state index in [2.05, 4.69) is 37.5 Å². The zero-order valence-electron chi connectivity index (χ0n) is 19.0. The maximum absolute atomic E-state index is 12.6. The Labute approximate surface area is 183 Å². The van der Waals surface area contributed by atoms with Gasteiger partial charge in [0.2, 0.25) is 5.91 Å². The highest BCUT2D eigenvalue weighted by Crippen LogP contribution is 2.27. The van der Waals surface area contributed by atoms with Crippen LogP contribution in [0.4, 0.5) is 5.82 Å². The number of rotatable bonds is 5. The molecule has 0 atom stereocenters. The minimum atomic E-state index is -0.313. The second-order valence-electron chi connectivity index (χ2n) is 8.96. The molecule has 2 N–H and O–H groups in total. The summed E-state index contributed by atoms with van der Waals surface area (Å²) >= 11 is 0. The third-order valence-electron chi connectivity index (χ3n) is 5.05. The number of carbonyl (C=O) groups excluding carboxylic acids is 2. The standard InChI is InChI=1S/C25H30N4O2/c1-16-7-10-19(11-8-16)24(31)26-15-23(30)27-22-14-21(25(4,5)6)28-29(22)20-12-9-17(2)13-18(20)3/h7-14H,15H2,1-6H3,(H,26,31)(H,27,30). The minimum Gasteiger partial charge on any atom is -0.343 e. The molecule has 162 valence electrons. The Morgan fingerprint density at radius 2 is 1.58 bits per heavy atom. The number of anilines is 1. The maximum atomic E-state index is 12.6. The number of hydrogen-bond donors (Lipinski definition) is 2. The number of aromatic nitrogens is 2. The highest BCUT2D eigenvalue weighted by Gasteiger charge is 2.22. The van der Waals surface area contributed by atoms with Gasteiger partial charge in [0.05, 0.1) is 17.9 Å². The van der Waals surface area contributed by atoms with Crippen LogP contribution in [0.3, 0.4) is 0 Å². The topological polar surface area (TPSA) is 76.0 Å². The summed E-state index contributed by atoms with van der Waals surface area (Å²) in [6, 6.07) is 15.2. The predicted molar refractivity (Wildman–Crippen MR) is 124 cm³/mol. The first-order chi connectivity index (χ1) is 14.5. The molecule has 3 rings (SSSR count). The number of benzene rings is 2. The molecule has 0 saturated heterocycles. The van der Waals surface area contributed by atoms with Gasteiger partial charge in [-0.3, -0.25) is 9.59 Å². The summed E-state index contributed by atoms with van der Waals surface area (Å²) < 4.78 is 1.76. The molecule has 0 aliphatic carbocycles. The lowest BCUT2D eigenvalue weighted by Crippen LogP contribution is -2.33. The Morgan fingerprint density at radius 3 is 2.19 bits per heavy atom. The quantitative estimate of drug-likeness (QED) is 0.642. The number of nitrogens with one attached hydrogen (secondary N) is 2. The summed E-state index contributed by atoms with van der Waals surface area (Å²) in [5.41, 5.74) is 5.41.